The molecule has 2 aromatic carbocycles. The fraction of sp³-hybridized carbons (Fsp3) is 0.250. The van der Waals surface area contributed by atoms with Crippen LogP contribution in [0.5, 0.6) is 0 Å². The maximum Gasteiger partial charge on any atom is 0.232 e. The van der Waals surface area contributed by atoms with Crippen molar-refractivity contribution in [2.75, 3.05) is 11.4 Å². The molecule has 3 aromatic rings. The predicted molar refractivity (Wildman–Crippen MR) is 100 cm³/mol. The number of benzene rings is 2. The number of amides is 1. The van der Waals surface area contributed by atoms with Crippen LogP contribution in [0.1, 0.15) is 30.7 Å². The van der Waals surface area contributed by atoms with Gasteiger partial charge < -0.3 is 9.42 Å². The van der Waals surface area contributed by atoms with Crippen LogP contribution in [-0.4, -0.2) is 22.6 Å². The number of aryl methyl sites for hydroxylation is 1. The molecule has 1 aromatic heterocycles. The van der Waals surface area contributed by atoms with Gasteiger partial charge in [-0.15, -0.1) is 0 Å². The van der Waals surface area contributed by atoms with Crippen LogP contribution >= 0.6 is 11.6 Å². The quantitative estimate of drug-likeness (QED) is 0.658. The molecule has 0 saturated carbocycles. The number of nitrogens with zero attached hydrogens (tertiary/aromatic N) is 3. The fourth-order valence-corrected chi connectivity index (χ4v) is 3.38. The lowest BCUT2D eigenvalue weighted by Crippen LogP contribution is -2.25. The largest absolute Gasteiger partial charge is 0.339 e. The topological polar surface area (TPSA) is 59.2 Å². The van der Waals surface area contributed by atoms with Gasteiger partial charge in [0.1, 0.15) is 0 Å². The second kappa shape index (κ2) is 7.12. The van der Waals surface area contributed by atoms with E-state index < -0.39 is 5.82 Å². The number of carbonyl (C=O) groups excluding carboxylic acids is 1. The smallest absolute Gasteiger partial charge is 0.232 e. The van der Waals surface area contributed by atoms with Crippen molar-refractivity contribution in [1.29, 1.82) is 0 Å². The van der Waals surface area contributed by atoms with E-state index in [1.807, 2.05) is 24.3 Å². The molecule has 138 valence electrons. The zero-order valence-electron chi connectivity index (χ0n) is 14.7. The van der Waals surface area contributed by atoms with Gasteiger partial charge >= 0.3 is 0 Å². The Morgan fingerprint density at radius 3 is 2.78 bits per heavy atom. The lowest BCUT2D eigenvalue weighted by atomic mass is 10.1. The minimum atomic E-state index is -0.601. The molecule has 4 rings (SSSR count). The van der Waals surface area contributed by atoms with Gasteiger partial charge in [-0.05, 0) is 24.1 Å². The molecule has 5 nitrogen and oxygen atoms in total. The number of carbonyl (C=O) groups is 1. The van der Waals surface area contributed by atoms with Crippen LogP contribution in [0.4, 0.5) is 10.1 Å². The van der Waals surface area contributed by atoms with Gasteiger partial charge in [0, 0.05) is 18.5 Å². The summed E-state index contributed by atoms with van der Waals surface area (Å²) in [4.78, 5) is 18.2. The number of halogens is 2. The Labute approximate surface area is 160 Å². The molecule has 1 fully saturated rings. The molecule has 1 aliphatic heterocycles. The molecular formula is C20H17ClFN3O2. The summed E-state index contributed by atoms with van der Waals surface area (Å²) in [6.45, 7) is 2.36. The molecule has 27 heavy (non-hydrogen) atoms. The average Bonchev–Trinajstić information content (AvgIpc) is 3.31. The van der Waals surface area contributed by atoms with Crippen LogP contribution in [0, 0.1) is 5.82 Å². The van der Waals surface area contributed by atoms with Crippen LogP contribution in [0.25, 0.3) is 11.4 Å². The van der Waals surface area contributed by atoms with Crippen molar-refractivity contribution in [2.45, 2.75) is 25.7 Å². The van der Waals surface area contributed by atoms with Gasteiger partial charge in [0.15, 0.2) is 5.82 Å². The second-order valence-electron chi connectivity index (χ2n) is 6.49. The van der Waals surface area contributed by atoms with E-state index in [0.717, 1.165) is 12.0 Å². The van der Waals surface area contributed by atoms with Crippen molar-refractivity contribution in [3.63, 3.8) is 0 Å². The first kappa shape index (κ1) is 17.7. The van der Waals surface area contributed by atoms with Crippen LogP contribution in [0.3, 0.4) is 0 Å². The summed E-state index contributed by atoms with van der Waals surface area (Å²) in [5.74, 6) is -0.231. The molecule has 1 atom stereocenters. The van der Waals surface area contributed by atoms with E-state index in [4.69, 9.17) is 16.1 Å². The molecule has 2 heterocycles. The molecule has 1 aliphatic rings. The SMILES string of the molecule is CCc1ccc(-c2noc(C3CC(=O)N(c4cccc(Cl)c4F)C3)n2)cc1. The Hall–Kier alpha value is -2.73. The Bertz CT molecular complexity index is 987. The van der Waals surface area contributed by atoms with Crippen LogP contribution in [-0.2, 0) is 11.2 Å². The number of rotatable bonds is 4. The first-order chi connectivity index (χ1) is 13.1. The third-order valence-corrected chi connectivity index (χ3v) is 5.05. The lowest BCUT2D eigenvalue weighted by molar-refractivity contribution is -0.117. The minimum absolute atomic E-state index is 0.0145. The second-order valence-corrected chi connectivity index (χ2v) is 6.89. The number of hydrogen-bond donors (Lipinski definition) is 0. The maximum atomic E-state index is 14.3. The maximum absolute atomic E-state index is 14.3. The van der Waals surface area contributed by atoms with Gasteiger partial charge in [-0.3, -0.25) is 4.79 Å². The van der Waals surface area contributed by atoms with E-state index in [1.54, 1.807) is 6.07 Å². The van der Waals surface area contributed by atoms with Gasteiger partial charge in [-0.1, -0.05) is 54.0 Å². The highest BCUT2D eigenvalue weighted by atomic mass is 35.5. The molecule has 0 radical (unpaired) electrons. The summed E-state index contributed by atoms with van der Waals surface area (Å²) in [6, 6.07) is 12.5. The Morgan fingerprint density at radius 2 is 2.04 bits per heavy atom. The van der Waals surface area contributed by atoms with E-state index in [-0.39, 0.29) is 35.5 Å². The van der Waals surface area contributed by atoms with Gasteiger partial charge in [0.05, 0.1) is 16.6 Å². The summed E-state index contributed by atoms with van der Waals surface area (Å²) < 4.78 is 19.7. The van der Waals surface area contributed by atoms with Gasteiger partial charge in [-0.2, -0.15) is 4.98 Å². The summed E-state index contributed by atoms with van der Waals surface area (Å²) in [5.41, 5.74) is 2.25. The summed E-state index contributed by atoms with van der Waals surface area (Å²) in [7, 11) is 0. The first-order valence-corrected chi connectivity index (χ1v) is 9.12. The predicted octanol–water partition coefficient (Wildman–Crippen LogP) is 4.61. The van der Waals surface area contributed by atoms with Gasteiger partial charge in [0.25, 0.3) is 0 Å². The Kier molecular flexibility index (Phi) is 4.66. The van der Waals surface area contributed by atoms with E-state index in [0.29, 0.717) is 11.7 Å². The van der Waals surface area contributed by atoms with Crippen molar-refractivity contribution < 1.29 is 13.7 Å². The molecule has 1 amide bonds. The Morgan fingerprint density at radius 1 is 1.26 bits per heavy atom. The van der Waals surface area contributed by atoms with E-state index in [2.05, 4.69) is 17.1 Å². The summed E-state index contributed by atoms with van der Waals surface area (Å²) in [6.07, 6.45) is 1.14. The highest BCUT2D eigenvalue weighted by molar-refractivity contribution is 6.31. The third-order valence-electron chi connectivity index (χ3n) is 4.76. The average molecular weight is 386 g/mol. The lowest BCUT2D eigenvalue weighted by Gasteiger charge is -2.17. The molecule has 7 heteroatoms. The Balaban J connectivity index is 1.56. The monoisotopic (exact) mass is 385 g/mol. The van der Waals surface area contributed by atoms with Crippen LogP contribution < -0.4 is 4.90 Å². The zero-order chi connectivity index (χ0) is 19.0. The molecule has 0 aliphatic carbocycles. The van der Waals surface area contributed by atoms with E-state index in [9.17, 15) is 9.18 Å². The summed E-state index contributed by atoms with van der Waals surface area (Å²) >= 11 is 5.83. The molecule has 1 saturated heterocycles. The molecule has 1 unspecified atom stereocenters. The third kappa shape index (κ3) is 3.32. The van der Waals surface area contributed by atoms with Crippen molar-refractivity contribution in [3.05, 3.63) is 64.8 Å². The highest BCUT2D eigenvalue weighted by Crippen LogP contribution is 2.34. The first-order valence-electron chi connectivity index (χ1n) is 8.74. The van der Waals surface area contributed by atoms with Crippen molar-refractivity contribution in [3.8, 4) is 11.4 Å². The minimum Gasteiger partial charge on any atom is -0.339 e. The van der Waals surface area contributed by atoms with Crippen LogP contribution in [0.15, 0.2) is 47.0 Å². The fourth-order valence-electron chi connectivity index (χ4n) is 3.21. The molecule has 0 bridgehead atoms. The van der Waals surface area contributed by atoms with Crippen molar-refractivity contribution >= 4 is 23.2 Å². The van der Waals surface area contributed by atoms with Crippen molar-refractivity contribution in [1.82, 2.24) is 10.1 Å². The number of hydrogen-bond acceptors (Lipinski definition) is 4. The normalized spacial score (nSPS) is 16.9. The van der Waals surface area contributed by atoms with E-state index in [1.165, 1.54) is 22.6 Å². The highest BCUT2D eigenvalue weighted by Gasteiger charge is 2.36. The zero-order valence-corrected chi connectivity index (χ0v) is 15.4. The van der Waals surface area contributed by atoms with Crippen molar-refractivity contribution in [2.24, 2.45) is 0 Å². The van der Waals surface area contributed by atoms with E-state index >= 15 is 0 Å². The standard InChI is InChI=1S/C20H17ClFN3O2/c1-2-12-6-8-13(9-7-12)19-23-20(27-24-19)14-10-17(26)25(11-14)16-5-3-4-15(21)18(16)22/h3-9,14H,2,10-11H2,1H3. The molecule has 0 spiro atoms. The number of aromatic nitrogens is 2. The number of anilines is 1. The van der Waals surface area contributed by atoms with Gasteiger partial charge in [0.2, 0.25) is 17.6 Å². The molecule has 0 N–H and O–H groups in total. The van der Waals surface area contributed by atoms with Crippen LogP contribution in [0.2, 0.25) is 5.02 Å². The summed E-state index contributed by atoms with van der Waals surface area (Å²) in [5, 5.41) is 4.02. The molecular weight excluding hydrogens is 369 g/mol. The van der Waals surface area contributed by atoms with Gasteiger partial charge in [-0.25, -0.2) is 4.39 Å².